The minimum atomic E-state index is -3.11. The van der Waals surface area contributed by atoms with Gasteiger partial charge in [0.2, 0.25) is 5.91 Å². The number of aromatic nitrogens is 1. The van der Waals surface area contributed by atoms with Crippen LogP contribution in [0.4, 0.5) is 0 Å². The summed E-state index contributed by atoms with van der Waals surface area (Å²) >= 11 is 1.52. The lowest BCUT2D eigenvalue weighted by atomic mass is 10.1. The number of rotatable bonds is 5. The van der Waals surface area contributed by atoms with Crippen molar-refractivity contribution < 1.29 is 13.2 Å². The van der Waals surface area contributed by atoms with Crippen molar-refractivity contribution in [3.05, 3.63) is 22.2 Å². The molecule has 21 heavy (non-hydrogen) atoms. The van der Waals surface area contributed by atoms with Crippen LogP contribution in [0.25, 0.3) is 6.08 Å². The van der Waals surface area contributed by atoms with E-state index in [0.717, 1.165) is 10.7 Å². The number of nitrogens with zero attached hydrogens (tertiary/aromatic N) is 2. The van der Waals surface area contributed by atoms with Crippen LogP contribution in [0.1, 0.15) is 31.5 Å². The van der Waals surface area contributed by atoms with Gasteiger partial charge in [0.25, 0.3) is 0 Å². The molecule has 1 amide bonds. The van der Waals surface area contributed by atoms with Gasteiger partial charge < -0.3 is 4.90 Å². The van der Waals surface area contributed by atoms with Gasteiger partial charge in [0.05, 0.1) is 16.5 Å². The molecule has 0 saturated heterocycles. The Hall–Kier alpha value is -1.21. The van der Waals surface area contributed by atoms with Crippen LogP contribution >= 0.6 is 11.3 Å². The van der Waals surface area contributed by atoms with E-state index in [4.69, 9.17) is 0 Å². The zero-order chi connectivity index (χ0) is 16.3. The highest BCUT2D eigenvalue weighted by atomic mass is 32.2. The van der Waals surface area contributed by atoms with Crippen LogP contribution in [0.5, 0.6) is 0 Å². The number of amides is 1. The Morgan fingerprint density at radius 3 is 2.48 bits per heavy atom. The summed E-state index contributed by atoms with van der Waals surface area (Å²) in [6.07, 6.45) is 4.28. The summed E-state index contributed by atoms with van der Waals surface area (Å²) in [4.78, 5) is 18.1. The molecule has 0 aliphatic heterocycles. The standard InChI is InChI=1S/C14H22N2O3S2/c1-11-15-12(10-20-11)6-7-13(17)16(14(2,3)4)8-9-21(5,18)19/h6-7,10H,8-9H2,1-5H3/b7-6+. The van der Waals surface area contributed by atoms with Gasteiger partial charge in [0.15, 0.2) is 0 Å². The summed E-state index contributed by atoms with van der Waals surface area (Å²) in [5.74, 6) is -0.253. The topological polar surface area (TPSA) is 67.3 Å². The lowest BCUT2D eigenvalue weighted by Gasteiger charge is -2.34. The SMILES string of the molecule is Cc1nc(/C=C/C(=O)N(CCS(C)(=O)=O)C(C)(C)C)cs1. The third-order valence-corrected chi connectivity index (χ3v) is 4.51. The Morgan fingerprint density at radius 1 is 1.43 bits per heavy atom. The summed E-state index contributed by atoms with van der Waals surface area (Å²) in [7, 11) is -3.11. The van der Waals surface area contributed by atoms with Gasteiger partial charge >= 0.3 is 0 Å². The smallest absolute Gasteiger partial charge is 0.247 e. The van der Waals surface area contributed by atoms with Crippen molar-refractivity contribution in [2.75, 3.05) is 18.6 Å². The second kappa shape index (κ2) is 6.70. The van der Waals surface area contributed by atoms with Crippen LogP contribution in [0, 0.1) is 6.92 Å². The Labute approximate surface area is 130 Å². The van der Waals surface area contributed by atoms with E-state index in [9.17, 15) is 13.2 Å². The highest BCUT2D eigenvalue weighted by Crippen LogP contribution is 2.15. The minimum absolute atomic E-state index is 0.0420. The maximum Gasteiger partial charge on any atom is 0.247 e. The minimum Gasteiger partial charge on any atom is -0.333 e. The molecular formula is C14H22N2O3S2. The van der Waals surface area contributed by atoms with Gasteiger partial charge in [0.1, 0.15) is 9.84 Å². The van der Waals surface area contributed by atoms with E-state index in [1.165, 1.54) is 23.7 Å². The Kier molecular flexibility index (Phi) is 5.69. The van der Waals surface area contributed by atoms with Crippen molar-refractivity contribution in [2.45, 2.75) is 33.2 Å². The van der Waals surface area contributed by atoms with Crippen LogP contribution in [-0.2, 0) is 14.6 Å². The molecule has 1 rings (SSSR count). The summed E-state index contributed by atoms with van der Waals surface area (Å²) in [6.45, 7) is 7.73. The van der Waals surface area contributed by atoms with E-state index in [0.29, 0.717) is 0 Å². The molecule has 0 fully saturated rings. The Balaban J connectivity index is 2.83. The van der Waals surface area contributed by atoms with Crippen molar-refractivity contribution in [3.8, 4) is 0 Å². The molecular weight excluding hydrogens is 308 g/mol. The number of sulfone groups is 1. The summed E-state index contributed by atoms with van der Waals surface area (Å²) < 4.78 is 22.6. The van der Waals surface area contributed by atoms with Crippen LogP contribution in [0.15, 0.2) is 11.5 Å². The number of hydrogen-bond acceptors (Lipinski definition) is 5. The van der Waals surface area contributed by atoms with Crippen molar-refractivity contribution in [1.82, 2.24) is 9.88 Å². The van der Waals surface area contributed by atoms with E-state index in [1.807, 2.05) is 33.1 Å². The monoisotopic (exact) mass is 330 g/mol. The molecule has 118 valence electrons. The molecule has 0 unspecified atom stereocenters. The number of hydrogen-bond donors (Lipinski definition) is 0. The molecule has 0 spiro atoms. The highest BCUT2D eigenvalue weighted by Gasteiger charge is 2.25. The highest BCUT2D eigenvalue weighted by molar-refractivity contribution is 7.90. The average molecular weight is 330 g/mol. The Bertz CT molecular complexity index is 625. The quantitative estimate of drug-likeness (QED) is 0.776. The maximum atomic E-state index is 12.3. The molecule has 1 aromatic rings. The van der Waals surface area contributed by atoms with Crippen molar-refractivity contribution in [3.63, 3.8) is 0 Å². The van der Waals surface area contributed by atoms with E-state index in [1.54, 1.807) is 11.0 Å². The molecule has 5 nitrogen and oxygen atoms in total. The molecule has 7 heteroatoms. The summed E-state index contributed by atoms with van der Waals surface area (Å²) in [6, 6.07) is 0. The van der Waals surface area contributed by atoms with E-state index in [2.05, 4.69) is 4.98 Å². The first-order valence-corrected chi connectivity index (χ1v) is 9.52. The predicted molar refractivity (Wildman–Crippen MR) is 87.1 cm³/mol. The Morgan fingerprint density at radius 2 is 2.05 bits per heavy atom. The zero-order valence-corrected chi connectivity index (χ0v) is 14.7. The number of aryl methyl sites for hydroxylation is 1. The lowest BCUT2D eigenvalue weighted by molar-refractivity contribution is -0.130. The molecule has 0 radical (unpaired) electrons. The number of thiazole rings is 1. The van der Waals surface area contributed by atoms with Gasteiger partial charge in [-0.2, -0.15) is 0 Å². The van der Waals surface area contributed by atoms with Crippen molar-refractivity contribution >= 4 is 33.2 Å². The number of carbonyl (C=O) groups is 1. The normalized spacial score (nSPS) is 12.8. The van der Waals surface area contributed by atoms with Gasteiger partial charge in [-0.15, -0.1) is 11.3 Å². The number of carbonyl (C=O) groups excluding carboxylic acids is 1. The van der Waals surface area contributed by atoms with Crippen LogP contribution in [0.3, 0.4) is 0 Å². The van der Waals surface area contributed by atoms with Gasteiger partial charge in [-0.1, -0.05) is 0 Å². The largest absolute Gasteiger partial charge is 0.333 e. The molecule has 0 aromatic carbocycles. The summed E-state index contributed by atoms with van der Waals surface area (Å²) in [5.41, 5.74) is 0.298. The first kappa shape index (κ1) is 17.8. The second-order valence-electron chi connectivity index (χ2n) is 5.92. The van der Waals surface area contributed by atoms with Crippen LogP contribution in [0.2, 0.25) is 0 Å². The first-order chi connectivity index (χ1) is 9.49. The molecule has 0 aliphatic rings. The van der Waals surface area contributed by atoms with E-state index in [-0.39, 0.29) is 18.2 Å². The third kappa shape index (κ3) is 6.39. The molecule has 0 N–H and O–H groups in total. The maximum absolute atomic E-state index is 12.3. The van der Waals surface area contributed by atoms with Crippen molar-refractivity contribution in [1.29, 1.82) is 0 Å². The molecule has 0 atom stereocenters. The summed E-state index contributed by atoms with van der Waals surface area (Å²) in [5, 5.41) is 2.81. The van der Waals surface area contributed by atoms with Gasteiger partial charge in [0, 0.05) is 29.8 Å². The first-order valence-electron chi connectivity index (χ1n) is 6.58. The van der Waals surface area contributed by atoms with E-state index >= 15 is 0 Å². The average Bonchev–Trinajstić information content (AvgIpc) is 2.69. The molecule has 0 aliphatic carbocycles. The van der Waals surface area contributed by atoms with Gasteiger partial charge in [-0.05, 0) is 33.8 Å². The fourth-order valence-electron chi connectivity index (χ4n) is 1.74. The molecule has 1 heterocycles. The molecule has 1 aromatic heterocycles. The van der Waals surface area contributed by atoms with Gasteiger partial charge in [-0.25, -0.2) is 13.4 Å². The molecule has 0 bridgehead atoms. The third-order valence-electron chi connectivity index (χ3n) is 2.79. The second-order valence-corrected chi connectivity index (χ2v) is 9.24. The van der Waals surface area contributed by atoms with Crippen molar-refractivity contribution in [2.24, 2.45) is 0 Å². The van der Waals surface area contributed by atoms with E-state index < -0.39 is 15.4 Å². The van der Waals surface area contributed by atoms with Gasteiger partial charge in [-0.3, -0.25) is 4.79 Å². The fraction of sp³-hybridized carbons (Fsp3) is 0.571. The zero-order valence-electron chi connectivity index (χ0n) is 13.1. The predicted octanol–water partition coefficient (Wildman–Crippen LogP) is 2.14. The molecule has 0 saturated carbocycles. The fourth-order valence-corrected chi connectivity index (χ4v) is 2.83. The van der Waals surface area contributed by atoms with Crippen LogP contribution in [-0.4, -0.2) is 48.3 Å². The van der Waals surface area contributed by atoms with Crippen LogP contribution < -0.4 is 0 Å². The lowest BCUT2D eigenvalue weighted by Crippen LogP contribution is -2.47.